The minimum atomic E-state index is 0.183. The summed E-state index contributed by atoms with van der Waals surface area (Å²) in [5.41, 5.74) is 0. The Hall–Kier alpha value is -0.660. The third-order valence-corrected chi connectivity index (χ3v) is 20.6. The number of hydrogen-bond acceptors (Lipinski definition) is 0. The van der Waals surface area contributed by atoms with Crippen molar-refractivity contribution in [3.8, 4) is 10.6 Å². The van der Waals surface area contributed by atoms with Crippen LogP contribution in [0.2, 0.25) is 0 Å². The van der Waals surface area contributed by atoms with E-state index >= 15 is 0 Å². The average Bonchev–Trinajstić information content (AvgIpc) is 3.03. The highest BCUT2D eigenvalue weighted by atomic mass is 32.7. The van der Waals surface area contributed by atoms with Crippen LogP contribution in [0.5, 0.6) is 0 Å². The maximum Gasteiger partial charge on any atom is 0.00599 e. The fraction of sp³-hybridized carbons (Fsp3) is 0.0769. The molecule has 0 nitrogen and oxygen atoms in total. The monoisotopic (exact) mass is 262 g/mol. The van der Waals surface area contributed by atoms with Crippen LogP contribution in [0.15, 0.2) is 60.7 Å². The van der Waals surface area contributed by atoms with Crippen molar-refractivity contribution in [2.75, 3.05) is 0 Å². The second-order valence-corrected chi connectivity index (χ2v) is 18.1. The zero-order chi connectivity index (χ0) is 11.0. The Kier molecular flexibility index (Phi) is 2.82. The van der Waals surface area contributed by atoms with Gasteiger partial charge in [0.25, 0.3) is 0 Å². The van der Waals surface area contributed by atoms with Crippen molar-refractivity contribution < 1.29 is 0 Å². The van der Waals surface area contributed by atoms with Crippen LogP contribution in [0.4, 0.5) is 0 Å². The van der Waals surface area contributed by atoms with Gasteiger partial charge in [-0.05, 0) is 20.4 Å². The number of hydrogen-bond donors (Lipinski definition) is 0. The third kappa shape index (κ3) is 1.83. The van der Waals surface area contributed by atoms with Crippen molar-refractivity contribution in [3.05, 3.63) is 60.7 Å². The van der Waals surface area contributed by atoms with Gasteiger partial charge in [-0.15, -0.1) is 0 Å². The van der Waals surface area contributed by atoms with E-state index in [1.165, 1.54) is 0 Å². The van der Waals surface area contributed by atoms with Crippen molar-refractivity contribution >= 4 is 20.7 Å². The molecule has 0 fully saturated rings. The van der Waals surface area contributed by atoms with E-state index in [0.29, 0.717) is 0 Å². The highest BCUT2D eigenvalue weighted by Crippen LogP contribution is 2.92. The molecule has 0 N–H and O–H groups in total. The molecule has 1 heterocycles. The molecule has 3 rings (SSSR count). The first-order valence-electron chi connectivity index (χ1n) is 5.32. The van der Waals surface area contributed by atoms with Crippen LogP contribution in [0.1, 0.15) is 0 Å². The quantitative estimate of drug-likeness (QED) is 0.518. The molecule has 2 atom stereocenters. The summed E-state index contributed by atoms with van der Waals surface area (Å²) >= 11 is 0. The molecule has 2 aromatic carbocycles. The van der Waals surface area contributed by atoms with Crippen LogP contribution in [0, 0.1) is 0 Å². The minimum Gasteiger partial charge on any atom is -0.0694 e. The SMILES string of the molecule is Cp1p(-c2ccccc2)p1-c1ccccc1. The molecule has 0 aliphatic heterocycles. The molecule has 0 spiro atoms. The first-order valence-corrected chi connectivity index (χ1v) is 11.9. The summed E-state index contributed by atoms with van der Waals surface area (Å²) in [5, 5.41) is 3.22. The van der Waals surface area contributed by atoms with Crippen LogP contribution in [0.3, 0.4) is 0 Å². The Morgan fingerprint density at radius 3 is 1.38 bits per heavy atom. The fourth-order valence-electron chi connectivity index (χ4n) is 1.87. The molecule has 0 saturated carbocycles. The Labute approximate surface area is 98.8 Å². The summed E-state index contributed by atoms with van der Waals surface area (Å²) in [4.78, 5) is 0. The first kappa shape index (κ1) is 10.5. The van der Waals surface area contributed by atoms with Crippen LogP contribution in [-0.2, 0) is 6.66 Å². The predicted octanol–water partition coefficient (Wildman–Crippen LogP) is 6.16. The molecule has 0 aliphatic carbocycles. The normalized spacial score (nSPS) is 14.2. The van der Waals surface area contributed by atoms with Gasteiger partial charge in [-0.2, -0.15) is 0 Å². The molecule has 3 heteroatoms. The maximum atomic E-state index is 2.48. The van der Waals surface area contributed by atoms with E-state index in [2.05, 4.69) is 67.3 Å². The Morgan fingerprint density at radius 1 is 0.625 bits per heavy atom. The van der Waals surface area contributed by atoms with E-state index in [0.717, 1.165) is 0 Å². The third-order valence-electron chi connectivity index (χ3n) is 2.67. The number of rotatable bonds is 2. The van der Waals surface area contributed by atoms with Gasteiger partial charge in [-0.25, -0.2) is 0 Å². The lowest BCUT2D eigenvalue weighted by molar-refractivity contribution is 1.76. The molecule has 0 saturated heterocycles. The van der Waals surface area contributed by atoms with Gasteiger partial charge in [0, 0.05) is 10.6 Å². The zero-order valence-corrected chi connectivity index (χ0v) is 11.8. The summed E-state index contributed by atoms with van der Waals surface area (Å²) in [7, 11) is 0. The summed E-state index contributed by atoms with van der Waals surface area (Å²) in [5.74, 6) is 0. The van der Waals surface area contributed by atoms with Crippen molar-refractivity contribution in [2.24, 2.45) is 6.66 Å². The van der Waals surface area contributed by atoms with E-state index in [1.54, 1.807) is 10.6 Å². The molecule has 0 aliphatic rings. The molecule has 2 unspecified atom stereocenters. The van der Waals surface area contributed by atoms with Crippen molar-refractivity contribution in [2.45, 2.75) is 0 Å². The average molecular weight is 262 g/mol. The molecular formula is C13H13P3. The van der Waals surface area contributed by atoms with Crippen molar-refractivity contribution in [1.82, 2.24) is 0 Å². The smallest absolute Gasteiger partial charge is 0.00599 e. The van der Waals surface area contributed by atoms with E-state index in [9.17, 15) is 0 Å². The molecular weight excluding hydrogens is 249 g/mol. The standard InChI is InChI=1S/C13H13P3/c1-14-15(12-8-4-2-5-9-12)16(14)13-10-6-3-7-11-13/h2-11H,1H3. The van der Waals surface area contributed by atoms with E-state index in [1.807, 2.05) is 0 Å². The highest BCUT2D eigenvalue weighted by molar-refractivity contribution is 8.75. The topological polar surface area (TPSA) is 0 Å². The lowest BCUT2D eigenvalue weighted by Crippen LogP contribution is -1.59. The summed E-state index contributed by atoms with van der Waals surface area (Å²) in [6.07, 6.45) is 0. The van der Waals surface area contributed by atoms with E-state index < -0.39 is 0 Å². The van der Waals surface area contributed by atoms with Gasteiger partial charge in [0.2, 0.25) is 0 Å². The van der Waals surface area contributed by atoms with E-state index in [4.69, 9.17) is 0 Å². The van der Waals surface area contributed by atoms with Crippen LogP contribution in [0.25, 0.3) is 10.6 Å². The Morgan fingerprint density at radius 2 is 1.00 bits per heavy atom. The molecule has 80 valence electrons. The maximum absolute atomic E-state index is 2.48. The molecule has 1 aromatic heterocycles. The second-order valence-electron chi connectivity index (χ2n) is 3.74. The summed E-state index contributed by atoms with van der Waals surface area (Å²) in [6.45, 7) is 3.13. The van der Waals surface area contributed by atoms with Gasteiger partial charge in [-0.3, -0.25) is 0 Å². The van der Waals surface area contributed by atoms with Gasteiger partial charge in [0.1, 0.15) is 0 Å². The molecule has 3 aromatic rings. The zero-order valence-electron chi connectivity index (χ0n) is 9.12. The summed E-state index contributed by atoms with van der Waals surface area (Å²) in [6, 6.07) is 22.2. The van der Waals surface area contributed by atoms with Crippen molar-refractivity contribution in [3.63, 3.8) is 0 Å². The molecule has 0 radical (unpaired) electrons. The molecule has 16 heavy (non-hydrogen) atoms. The Bertz CT molecular complexity index is 518. The van der Waals surface area contributed by atoms with Crippen LogP contribution < -0.4 is 0 Å². The molecule has 0 bridgehead atoms. The van der Waals surface area contributed by atoms with Gasteiger partial charge in [0.15, 0.2) is 0 Å². The predicted molar refractivity (Wildman–Crippen MR) is 78.2 cm³/mol. The number of benzene rings is 2. The van der Waals surface area contributed by atoms with Crippen LogP contribution in [-0.4, -0.2) is 0 Å². The second kappa shape index (κ2) is 4.31. The van der Waals surface area contributed by atoms with Gasteiger partial charge < -0.3 is 0 Å². The lowest BCUT2D eigenvalue weighted by Gasteiger charge is -1.93. The van der Waals surface area contributed by atoms with Gasteiger partial charge in [0.05, 0.1) is 0 Å². The van der Waals surface area contributed by atoms with Gasteiger partial charge in [-0.1, -0.05) is 67.6 Å². The highest BCUT2D eigenvalue weighted by Gasteiger charge is 2.20. The largest absolute Gasteiger partial charge is 0.0694 e. The minimum absolute atomic E-state index is 0.183. The summed E-state index contributed by atoms with van der Waals surface area (Å²) < 4.78 is 0. The van der Waals surface area contributed by atoms with Crippen LogP contribution >= 0.6 is 20.7 Å². The fourth-order valence-corrected chi connectivity index (χ4v) is 21.8. The van der Waals surface area contributed by atoms with E-state index in [-0.39, 0.29) is 20.7 Å². The first-order chi connectivity index (χ1) is 7.88. The van der Waals surface area contributed by atoms with Gasteiger partial charge >= 0.3 is 0 Å². The van der Waals surface area contributed by atoms with Crippen molar-refractivity contribution in [1.29, 1.82) is 0 Å². The molecule has 0 amide bonds. The Balaban J connectivity index is 2.03. The lowest BCUT2D eigenvalue weighted by atomic mass is 10.4.